The fourth-order valence-electron chi connectivity index (χ4n) is 3.78. The van der Waals surface area contributed by atoms with Gasteiger partial charge in [0.15, 0.2) is 0 Å². The summed E-state index contributed by atoms with van der Waals surface area (Å²) in [6.45, 7) is 0. The maximum absolute atomic E-state index is 11.5. The van der Waals surface area contributed by atoms with Crippen molar-refractivity contribution < 1.29 is 4.79 Å². The van der Waals surface area contributed by atoms with Crippen molar-refractivity contribution in [2.24, 2.45) is 23.7 Å². The molecule has 1 nitrogen and oxygen atoms in total. The van der Waals surface area contributed by atoms with E-state index in [2.05, 4.69) is 0 Å². The van der Waals surface area contributed by atoms with E-state index in [0.717, 1.165) is 24.2 Å². The average Bonchev–Trinajstić information content (AvgIpc) is 2.44. The molecular formula is C10H14O. The molecule has 0 heterocycles. The third-order valence-corrected chi connectivity index (χ3v) is 4.23. The summed E-state index contributed by atoms with van der Waals surface area (Å²) < 4.78 is 0. The van der Waals surface area contributed by atoms with Crippen molar-refractivity contribution in [2.45, 2.75) is 32.1 Å². The first kappa shape index (κ1) is 6.22. The van der Waals surface area contributed by atoms with E-state index in [9.17, 15) is 4.79 Å². The van der Waals surface area contributed by atoms with Gasteiger partial charge in [-0.25, -0.2) is 0 Å². The van der Waals surface area contributed by atoms with E-state index in [1.54, 1.807) is 0 Å². The molecule has 0 aromatic rings. The molecule has 0 radical (unpaired) electrons. The summed E-state index contributed by atoms with van der Waals surface area (Å²) in [5, 5.41) is 0. The molecule has 4 atom stereocenters. The fourth-order valence-corrected chi connectivity index (χ4v) is 3.78. The minimum atomic E-state index is 0.513. The van der Waals surface area contributed by atoms with Crippen LogP contribution < -0.4 is 0 Å². The largest absolute Gasteiger partial charge is 0.299 e. The van der Waals surface area contributed by atoms with Gasteiger partial charge in [0.1, 0.15) is 5.78 Å². The fraction of sp³-hybridized carbons (Fsp3) is 0.900. The van der Waals surface area contributed by atoms with Gasteiger partial charge in [-0.05, 0) is 43.4 Å². The van der Waals surface area contributed by atoms with Crippen LogP contribution in [-0.2, 0) is 4.79 Å². The topological polar surface area (TPSA) is 17.1 Å². The Bertz CT molecular complexity index is 209. The van der Waals surface area contributed by atoms with Gasteiger partial charge >= 0.3 is 0 Å². The Kier molecular flexibility index (Phi) is 1.06. The molecule has 3 fully saturated rings. The number of carbonyl (C=O) groups excluding carboxylic acids is 1. The Morgan fingerprint density at radius 3 is 2.73 bits per heavy atom. The van der Waals surface area contributed by atoms with Crippen molar-refractivity contribution in [3.05, 3.63) is 0 Å². The normalized spacial score (nSPS) is 53.6. The van der Waals surface area contributed by atoms with E-state index in [-0.39, 0.29) is 0 Å². The quantitative estimate of drug-likeness (QED) is 0.516. The van der Waals surface area contributed by atoms with Gasteiger partial charge in [-0.2, -0.15) is 0 Å². The number of hydrogen-bond donors (Lipinski definition) is 0. The molecule has 0 N–H and O–H groups in total. The highest BCUT2D eigenvalue weighted by molar-refractivity contribution is 5.83. The van der Waals surface area contributed by atoms with Gasteiger partial charge in [0.2, 0.25) is 0 Å². The van der Waals surface area contributed by atoms with Crippen LogP contribution in [0.5, 0.6) is 0 Å². The minimum Gasteiger partial charge on any atom is -0.299 e. The van der Waals surface area contributed by atoms with Crippen LogP contribution in [0.1, 0.15) is 32.1 Å². The molecule has 11 heavy (non-hydrogen) atoms. The average molecular weight is 150 g/mol. The summed E-state index contributed by atoms with van der Waals surface area (Å²) in [6.07, 6.45) is 6.26. The van der Waals surface area contributed by atoms with E-state index < -0.39 is 0 Å². The van der Waals surface area contributed by atoms with Crippen molar-refractivity contribution in [3.63, 3.8) is 0 Å². The maximum Gasteiger partial charge on any atom is 0.136 e. The second kappa shape index (κ2) is 1.88. The standard InChI is InChI=1S/C10H14O/c11-10-5-6-1-2-8-7(6)3-4-9(8)10/h6-9H,1-5H2/t6-,7+,8-,9+/m0/s1. The van der Waals surface area contributed by atoms with E-state index in [4.69, 9.17) is 0 Å². The number of hydrogen-bond acceptors (Lipinski definition) is 1. The van der Waals surface area contributed by atoms with Gasteiger partial charge in [-0.1, -0.05) is 0 Å². The summed E-state index contributed by atoms with van der Waals surface area (Å²) in [5.41, 5.74) is 0. The van der Waals surface area contributed by atoms with Crippen molar-refractivity contribution in [2.75, 3.05) is 0 Å². The highest BCUT2D eigenvalue weighted by Gasteiger charge is 2.51. The smallest absolute Gasteiger partial charge is 0.136 e. The van der Waals surface area contributed by atoms with Crippen LogP contribution in [0.2, 0.25) is 0 Å². The Morgan fingerprint density at radius 2 is 1.82 bits per heavy atom. The number of Topliss-reactive ketones (excluding diaryl/α,β-unsaturated/α-hetero) is 1. The molecule has 60 valence electrons. The second-order valence-corrected chi connectivity index (χ2v) is 4.52. The highest BCUT2D eigenvalue weighted by Crippen LogP contribution is 2.56. The molecule has 0 amide bonds. The lowest BCUT2D eigenvalue weighted by molar-refractivity contribution is -0.126. The SMILES string of the molecule is O=C1C[C@@H]2CC[C@H]3[C@@H]2CC[C@@H]13. The molecule has 0 aromatic heterocycles. The van der Waals surface area contributed by atoms with Crippen molar-refractivity contribution in [1.82, 2.24) is 0 Å². The van der Waals surface area contributed by atoms with Crippen molar-refractivity contribution >= 4 is 5.78 Å². The second-order valence-electron chi connectivity index (χ2n) is 4.52. The Balaban J connectivity index is 2.02. The lowest BCUT2D eigenvalue weighted by Gasteiger charge is -2.25. The molecule has 0 unspecified atom stereocenters. The molecule has 4 bridgehead atoms. The Hall–Kier alpha value is -0.330. The lowest BCUT2D eigenvalue weighted by Crippen LogP contribution is -2.27. The van der Waals surface area contributed by atoms with Crippen LogP contribution in [0.15, 0.2) is 0 Å². The summed E-state index contributed by atoms with van der Waals surface area (Å²) in [7, 11) is 0. The maximum atomic E-state index is 11.5. The van der Waals surface area contributed by atoms with Gasteiger partial charge in [-0.3, -0.25) is 4.79 Å². The summed E-state index contributed by atoms with van der Waals surface area (Å²) >= 11 is 0. The third-order valence-electron chi connectivity index (χ3n) is 4.23. The van der Waals surface area contributed by atoms with Crippen molar-refractivity contribution in [1.29, 1.82) is 0 Å². The van der Waals surface area contributed by atoms with E-state index in [1.807, 2.05) is 0 Å². The monoisotopic (exact) mass is 150 g/mol. The summed E-state index contributed by atoms with van der Waals surface area (Å²) in [5.74, 6) is 3.73. The number of ketones is 1. The molecule has 1 heteroatoms. The summed E-state index contributed by atoms with van der Waals surface area (Å²) in [4.78, 5) is 11.5. The highest BCUT2D eigenvalue weighted by atomic mass is 16.1. The Morgan fingerprint density at radius 1 is 1.00 bits per heavy atom. The van der Waals surface area contributed by atoms with E-state index >= 15 is 0 Å². The molecule has 0 saturated heterocycles. The van der Waals surface area contributed by atoms with E-state index in [1.165, 1.54) is 25.7 Å². The van der Waals surface area contributed by atoms with Gasteiger partial charge in [-0.15, -0.1) is 0 Å². The number of carbonyl (C=O) groups is 1. The lowest BCUT2D eigenvalue weighted by atomic mass is 9.78. The van der Waals surface area contributed by atoms with Crippen LogP contribution in [0, 0.1) is 23.7 Å². The van der Waals surface area contributed by atoms with Crippen molar-refractivity contribution in [3.8, 4) is 0 Å². The zero-order valence-corrected chi connectivity index (χ0v) is 6.75. The molecular weight excluding hydrogens is 136 g/mol. The zero-order valence-electron chi connectivity index (χ0n) is 6.75. The number of rotatable bonds is 0. The summed E-state index contributed by atoms with van der Waals surface area (Å²) in [6, 6.07) is 0. The molecule has 0 aliphatic heterocycles. The van der Waals surface area contributed by atoms with Crippen LogP contribution in [0.3, 0.4) is 0 Å². The first-order valence-corrected chi connectivity index (χ1v) is 4.89. The van der Waals surface area contributed by atoms with Crippen LogP contribution in [0.4, 0.5) is 0 Å². The van der Waals surface area contributed by atoms with Gasteiger partial charge in [0.25, 0.3) is 0 Å². The molecule has 3 rings (SSSR count). The van der Waals surface area contributed by atoms with Gasteiger partial charge < -0.3 is 0 Å². The first-order chi connectivity index (χ1) is 5.36. The molecule has 3 aliphatic rings. The van der Waals surface area contributed by atoms with E-state index in [0.29, 0.717) is 11.7 Å². The molecule has 3 aliphatic carbocycles. The zero-order chi connectivity index (χ0) is 7.42. The molecule has 0 spiro atoms. The van der Waals surface area contributed by atoms with Gasteiger partial charge in [0.05, 0.1) is 0 Å². The van der Waals surface area contributed by atoms with Crippen LogP contribution in [-0.4, -0.2) is 5.78 Å². The Labute approximate surface area is 67.2 Å². The molecule has 3 saturated carbocycles. The molecule has 0 aromatic carbocycles. The predicted molar refractivity (Wildman–Crippen MR) is 42.1 cm³/mol. The van der Waals surface area contributed by atoms with Crippen LogP contribution in [0.25, 0.3) is 0 Å². The third kappa shape index (κ3) is 0.646. The predicted octanol–water partition coefficient (Wildman–Crippen LogP) is 2.01. The first-order valence-electron chi connectivity index (χ1n) is 4.89. The minimum absolute atomic E-state index is 0.513. The van der Waals surface area contributed by atoms with Crippen LogP contribution >= 0.6 is 0 Å². The van der Waals surface area contributed by atoms with Gasteiger partial charge in [0, 0.05) is 12.3 Å².